The summed E-state index contributed by atoms with van der Waals surface area (Å²) in [6, 6.07) is 10.3. The standard InChI is InChI=1S/C14H15FN2O2S/c1-10-8-13(6-7-14(10)16)17-20(18,19)9-11-2-4-12(15)5-3-11/h2-8,17H,9,16H2,1H3. The van der Waals surface area contributed by atoms with Crippen LogP contribution < -0.4 is 10.5 Å². The van der Waals surface area contributed by atoms with E-state index in [0.29, 0.717) is 16.9 Å². The zero-order valence-electron chi connectivity index (χ0n) is 10.9. The molecular formula is C14H15FN2O2S. The van der Waals surface area contributed by atoms with Crippen LogP contribution in [0, 0.1) is 12.7 Å². The van der Waals surface area contributed by atoms with E-state index < -0.39 is 15.8 Å². The van der Waals surface area contributed by atoms with Gasteiger partial charge in [0, 0.05) is 11.4 Å². The maximum atomic E-state index is 12.8. The van der Waals surface area contributed by atoms with Crippen molar-refractivity contribution in [1.29, 1.82) is 0 Å². The predicted molar refractivity (Wildman–Crippen MR) is 78.2 cm³/mol. The van der Waals surface area contributed by atoms with Gasteiger partial charge in [-0.15, -0.1) is 0 Å². The number of hydrogen-bond donors (Lipinski definition) is 2. The Balaban J connectivity index is 2.14. The van der Waals surface area contributed by atoms with E-state index in [1.54, 1.807) is 25.1 Å². The lowest BCUT2D eigenvalue weighted by Crippen LogP contribution is -2.15. The molecule has 0 radical (unpaired) electrons. The van der Waals surface area contributed by atoms with E-state index in [2.05, 4.69) is 4.72 Å². The van der Waals surface area contributed by atoms with Gasteiger partial charge in [-0.3, -0.25) is 4.72 Å². The molecule has 0 aliphatic carbocycles. The lowest BCUT2D eigenvalue weighted by atomic mass is 10.2. The van der Waals surface area contributed by atoms with Crippen molar-refractivity contribution in [3.8, 4) is 0 Å². The van der Waals surface area contributed by atoms with E-state index in [1.165, 1.54) is 24.3 Å². The van der Waals surface area contributed by atoms with E-state index >= 15 is 0 Å². The Hall–Kier alpha value is -2.08. The van der Waals surface area contributed by atoms with Gasteiger partial charge in [0.1, 0.15) is 5.82 Å². The van der Waals surface area contributed by atoms with Gasteiger partial charge in [0.05, 0.1) is 5.75 Å². The molecule has 0 spiro atoms. The summed E-state index contributed by atoms with van der Waals surface area (Å²) in [5.74, 6) is -0.607. The molecule has 0 bridgehead atoms. The SMILES string of the molecule is Cc1cc(NS(=O)(=O)Cc2ccc(F)cc2)ccc1N. The minimum Gasteiger partial charge on any atom is -0.399 e. The van der Waals surface area contributed by atoms with Crippen molar-refractivity contribution in [2.45, 2.75) is 12.7 Å². The summed E-state index contributed by atoms with van der Waals surface area (Å²) in [5, 5.41) is 0. The molecule has 2 aromatic carbocycles. The van der Waals surface area contributed by atoms with Crippen LogP contribution >= 0.6 is 0 Å². The maximum Gasteiger partial charge on any atom is 0.236 e. The van der Waals surface area contributed by atoms with Gasteiger partial charge < -0.3 is 5.73 Å². The molecule has 2 aromatic rings. The van der Waals surface area contributed by atoms with Gasteiger partial charge in [-0.1, -0.05) is 12.1 Å². The van der Waals surface area contributed by atoms with Gasteiger partial charge in [-0.2, -0.15) is 0 Å². The van der Waals surface area contributed by atoms with E-state index in [1.807, 2.05) is 0 Å². The van der Waals surface area contributed by atoms with Crippen molar-refractivity contribution in [2.75, 3.05) is 10.5 Å². The van der Waals surface area contributed by atoms with Crippen LogP contribution in [0.4, 0.5) is 15.8 Å². The van der Waals surface area contributed by atoms with Crippen molar-refractivity contribution >= 4 is 21.4 Å². The van der Waals surface area contributed by atoms with Gasteiger partial charge in [-0.05, 0) is 48.4 Å². The van der Waals surface area contributed by atoms with Crippen molar-refractivity contribution in [1.82, 2.24) is 0 Å². The second-order valence-electron chi connectivity index (χ2n) is 4.56. The first kappa shape index (κ1) is 14.3. The Kier molecular flexibility index (Phi) is 3.94. The first-order chi connectivity index (χ1) is 9.35. The van der Waals surface area contributed by atoms with Crippen LogP contribution in [0.2, 0.25) is 0 Å². The molecule has 0 saturated carbocycles. The quantitative estimate of drug-likeness (QED) is 0.851. The van der Waals surface area contributed by atoms with Crippen molar-refractivity contribution < 1.29 is 12.8 Å². The highest BCUT2D eigenvalue weighted by molar-refractivity contribution is 7.91. The van der Waals surface area contributed by atoms with E-state index in [4.69, 9.17) is 5.73 Å². The second-order valence-corrected chi connectivity index (χ2v) is 6.28. The van der Waals surface area contributed by atoms with E-state index in [9.17, 15) is 12.8 Å². The normalized spacial score (nSPS) is 11.3. The number of nitrogens with two attached hydrogens (primary N) is 1. The number of nitrogens with one attached hydrogen (secondary N) is 1. The van der Waals surface area contributed by atoms with Crippen molar-refractivity contribution in [2.24, 2.45) is 0 Å². The number of aryl methyl sites for hydroxylation is 1. The average Bonchev–Trinajstić information content (AvgIpc) is 2.36. The Morgan fingerprint density at radius 3 is 2.40 bits per heavy atom. The molecule has 0 fully saturated rings. The predicted octanol–water partition coefficient (Wildman–Crippen LogP) is 2.66. The topological polar surface area (TPSA) is 72.2 Å². The zero-order chi connectivity index (χ0) is 14.8. The van der Waals surface area contributed by atoms with Crippen LogP contribution in [-0.4, -0.2) is 8.42 Å². The number of halogens is 1. The summed E-state index contributed by atoms with van der Waals surface area (Å²) in [7, 11) is -3.54. The highest BCUT2D eigenvalue weighted by Gasteiger charge is 2.12. The lowest BCUT2D eigenvalue weighted by molar-refractivity contribution is 0.600. The molecule has 4 nitrogen and oxygen atoms in total. The minimum absolute atomic E-state index is 0.212. The Bertz CT molecular complexity index is 712. The van der Waals surface area contributed by atoms with Gasteiger partial charge in [0.15, 0.2) is 0 Å². The molecule has 6 heteroatoms. The molecule has 3 N–H and O–H groups in total. The Labute approximate surface area is 117 Å². The van der Waals surface area contributed by atoms with Gasteiger partial charge in [0.2, 0.25) is 10.0 Å². The summed E-state index contributed by atoms with van der Waals surface area (Å²) >= 11 is 0. The highest BCUT2D eigenvalue weighted by Crippen LogP contribution is 2.18. The number of rotatable bonds is 4. The molecule has 2 rings (SSSR count). The molecule has 0 saturated heterocycles. The third-order valence-corrected chi connectivity index (χ3v) is 4.07. The third kappa shape index (κ3) is 3.71. The third-order valence-electron chi connectivity index (χ3n) is 2.81. The van der Waals surface area contributed by atoms with E-state index in [0.717, 1.165) is 5.56 Å². The van der Waals surface area contributed by atoms with Crippen LogP contribution in [0.25, 0.3) is 0 Å². The Morgan fingerprint density at radius 1 is 1.15 bits per heavy atom. The van der Waals surface area contributed by atoms with Crippen LogP contribution in [0.3, 0.4) is 0 Å². The summed E-state index contributed by atoms with van der Waals surface area (Å²) in [6.45, 7) is 1.80. The minimum atomic E-state index is -3.54. The fourth-order valence-corrected chi connectivity index (χ4v) is 2.94. The highest BCUT2D eigenvalue weighted by atomic mass is 32.2. The molecule has 106 valence electrons. The number of anilines is 2. The maximum absolute atomic E-state index is 12.8. The first-order valence-electron chi connectivity index (χ1n) is 5.97. The number of hydrogen-bond acceptors (Lipinski definition) is 3. The zero-order valence-corrected chi connectivity index (χ0v) is 11.7. The number of nitrogen functional groups attached to an aromatic ring is 1. The van der Waals surface area contributed by atoms with Gasteiger partial charge >= 0.3 is 0 Å². The molecule has 20 heavy (non-hydrogen) atoms. The average molecular weight is 294 g/mol. The monoisotopic (exact) mass is 294 g/mol. The van der Waals surface area contributed by atoms with Crippen molar-refractivity contribution in [3.05, 3.63) is 59.4 Å². The fourth-order valence-electron chi connectivity index (χ4n) is 1.75. The summed E-state index contributed by atoms with van der Waals surface area (Å²) in [4.78, 5) is 0. The second kappa shape index (κ2) is 5.50. The summed E-state index contributed by atoms with van der Waals surface area (Å²) < 4.78 is 39.3. The summed E-state index contributed by atoms with van der Waals surface area (Å²) in [5.41, 5.74) is 8.06. The largest absolute Gasteiger partial charge is 0.399 e. The van der Waals surface area contributed by atoms with Crippen LogP contribution in [0.1, 0.15) is 11.1 Å². The molecule has 0 aliphatic rings. The number of benzene rings is 2. The van der Waals surface area contributed by atoms with E-state index in [-0.39, 0.29) is 5.75 Å². The van der Waals surface area contributed by atoms with Gasteiger partial charge in [0.25, 0.3) is 0 Å². The molecular weight excluding hydrogens is 279 g/mol. The van der Waals surface area contributed by atoms with Crippen LogP contribution in [0.5, 0.6) is 0 Å². The molecule has 0 unspecified atom stereocenters. The molecule has 0 aromatic heterocycles. The lowest BCUT2D eigenvalue weighted by Gasteiger charge is -2.09. The van der Waals surface area contributed by atoms with Crippen LogP contribution in [-0.2, 0) is 15.8 Å². The smallest absolute Gasteiger partial charge is 0.236 e. The van der Waals surface area contributed by atoms with Gasteiger partial charge in [-0.25, -0.2) is 12.8 Å². The van der Waals surface area contributed by atoms with Crippen LogP contribution in [0.15, 0.2) is 42.5 Å². The number of sulfonamides is 1. The first-order valence-corrected chi connectivity index (χ1v) is 7.62. The molecule has 0 aliphatic heterocycles. The summed E-state index contributed by atoms with van der Waals surface area (Å²) in [6.07, 6.45) is 0. The molecule has 0 atom stereocenters. The molecule has 0 amide bonds. The molecule has 0 heterocycles. The Morgan fingerprint density at radius 2 is 1.80 bits per heavy atom. The van der Waals surface area contributed by atoms with Crippen molar-refractivity contribution in [3.63, 3.8) is 0 Å². The fraction of sp³-hybridized carbons (Fsp3) is 0.143.